The fraction of sp³-hybridized carbons (Fsp3) is 0.818. The van der Waals surface area contributed by atoms with Crippen molar-refractivity contribution in [3.8, 4) is 0 Å². The van der Waals surface area contributed by atoms with E-state index in [1.807, 2.05) is 41.5 Å². The van der Waals surface area contributed by atoms with E-state index in [9.17, 15) is 4.79 Å². The van der Waals surface area contributed by atoms with Gasteiger partial charge < -0.3 is 16.4 Å². The Morgan fingerprint density at radius 1 is 1.19 bits per heavy atom. The maximum Gasteiger partial charge on any atom is 0.243 e. The lowest BCUT2D eigenvalue weighted by Crippen LogP contribution is -2.57. The molecule has 0 aliphatic carbocycles. The molecule has 0 saturated heterocycles. The van der Waals surface area contributed by atoms with Gasteiger partial charge in [-0.15, -0.1) is 0 Å². The Morgan fingerprint density at radius 3 is 1.88 bits per heavy atom. The van der Waals surface area contributed by atoms with Crippen LogP contribution in [0.1, 0.15) is 41.5 Å². The molecule has 0 aromatic carbocycles. The summed E-state index contributed by atoms with van der Waals surface area (Å²) in [4.78, 5) is 12.1. The minimum absolute atomic E-state index is 0.0900. The zero-order valence-corrected chi connectivity index (χ0v) is 11.8. The smallest absolute Gasteiger partial charge is 0.243 e. The van der Waals surface area contributed by atoms with Gasteiger partial charge in [0.25, 0.3) is 0 Å². The summed E-state index contributed by atoms with van der Waals surface area (Å²) >= 11 is 4.79. The largest absolute Gasteiger partial charge is 0.376 e. The molecule has 0 spiro atoms. The van der Waals surface area contributed by atoms with Crippen LogP contribution in [0.4, 0.5) is 0 Å². The van der Waals surface area contributed by atoms with Gasteiger partial charge in [-0.25, -0.2) is 0 Å². The van der Waals surface area contributed by atoms with Gasteiger partial charge in [0.15, 0.2) is 5.11 Å². The summed E-state index contributed by atoms with van der Waals surface area (Å²) in [6, 6.07) is -0.427. The van der Waals surface area contributed by atoms with E-state index in [0.717, 1.165) is 0 Å². The molecule has 0 aliphatic heterocycles. The maximum atomic E-state index is 12.1. The highest BCUT2D eigenvalue weighted by Crippen LogP contribution is 2.20. The molecule has 0 heterocycles. The van der Waals surface area contributed by atoms with Gasteiger partial charge in [-0.1, -0.05) is 20.8 Å². The summed E-state index contributed by atoms with van der Waals surface area (Å²) < 4.78 is 0. The Labute approximate surface area is 103 Å². The molecule has 1 unspecified atom stereocenters. The fourth-order valence-corrected chi connectivity index (χ4v) is 1.38. The van der Waals surface area contributed by atoms with E-state index in [2.05, 4.69) is 10.6 Å². The summed E-state index contributed by atoms with van der Waals surface area (Å²) in [6.45, 7) is 11.7. The van der Waals surface area contributed by atoms with Gasteiger partial charge in [0.05, 0.1) is 0 Å². The molecule has 0 aromatic heterocycles. The van der Waals surface area contributed by atoms with E-state index in [4.69, 9.17) is 18.0 Å². The number of hydrogen-bond donors (Lipinski definition) is 3. The summed E-state index contributed by atoms with van der Waals surface area (Å²) in [7, 11) is 0. The van der Waals surface area contributed by atoms with Crippen molar-refractivity contribution in [1.29, 1.82) is 0 Å². The van der Waals surface area contributed by atoms with E-state index >= 15 is 0 Å². The molecule has 16 heavy (non-hydrogen) atoms. The van der Waals surface area contributed by atoms with Crippen LogP contribution in [0.2, 0.25) is 0 Å². The quantitative estimate of drug-likeness (QED) is 0.638. The van der Waals surface area contributed by atoms with Crippen LogP contribution in [-0.4, -0.2) is 22.6 Å². The van der Waals surface area contributed by atoms with Crippen molar-refractivity contribution in [3.05, 3.63) is 0 Å². The average molecular weight is 245 g/mol. The molecule has 5 heteroatoms. The second-order valence-corrected chi connectivity index (χ2v) is 6.49. The van der Waals surface area contributed by atoms with E-state index in [1.165, 1.54) is 0 Å². The Hall–Kier alpha value is -0.840. The Kier molecular flexibility index (Phi) is 4.73. The molecule has 4 nitrogen and oxygen atoms in total. The molecule has 0 aromatic rings. The fourth-order valence-electron chi connectivity index (χ4n) is 1.26. The van der Waals surface area contributed by atoms with Crippen LogP contribution < -0.4 is 16.4 Å². The van der Waals surface area contributed by atoms with E-state index in [1.54, 1.807) is 0 Å². The second-order valence-electron chi connectivity index (χ2n) is 6.05. The third kappa shape index (κ3) is 5.90. The molecule has 0 saturated carbocycles. The van der Waals surface area contributed by atoms with Gasteiger partial charge in [-0.3, -0.25) is 4.79 Å². The minimum atomic E-state index is -0.427. The highest BCUT2D eigenvalue weighted by Gasteiger charge is 2.33. The van der Waals surface area contributed by atoms with Crippen LogP contribution in [0.15, 0.2) is 0 Å². The van der Waals surface area contributed by atoms with Crippen LogP contribution in [0.25, 0.3) is 0 Å². The van der Waals surface area contributed by atoms with Crippen molar-refractivity contribution < 1.29 is 4.79 Å². The first-order valence-corrected chi connectivity index (χ1v) is 5.72. The van der Waals surface area contributed by atoms with Crippen LogP contribution >= 0.6 is 12.2 Å². The van der Waals surface area contributed by atoms with Crippen molar-refractivity contribution >= 4 is 23.2 Å². The third-order valence-electron chi connectivity index (χ3n) is 1.91. The van der Waals surface area contributed by atoms with Crippen LogP contribution in [0.3, 0.4) is 0 Å². The normalized spacial score (nSPS) is 14.1. The monoisotopic (exact) mass is 245 g/mol. The van der Waals surface area contributed by atoms with Gasteiger partial charge in [0, 0.05) is 5.54 Å². The van der Waals surface area contributed by atoms with Gasteiger partial charge in [-0.05, 0) is 38.4 Å². The van der Waals surface area contributed by atoms with Gasteiger partial charge in [0.1, 0.15) is 6.04 Å². The van der Waals surface area contributed by atoms with Gasteiger partial charge in [0.2, 0.25) is 5.91 Å². The number of nitrogens with one attached hydrogen (secondary N) is 2. The predicted molar refractivity (Wildman–Crippen MR) is 71.1 cm³/mol. The highest BCUT2D eigenvalue weighted by molar-refractivity contribution is 7.80. The SMILES string of the molecule is CC(C)(C)NC(=O)C(NC(N)=S)C(C)(C)C. The number of rotatable bonds is 2. The molecule has 94 valence electrons. The molecule has 0 fully saturated rings. The van der Waals surface area contributed by atoms with Gasteiger partial charge >= 0.3 is 0 Å². The summed E-state index contributed by atoms with van der Waals surface area (Å²) in [6.07, 6.45) is 0. The van der Waals surface area contributed by atoms with E-state index in [0.29, 0.717) is 0 Å². The molecule has 0 rings (SSSR count). The summed E-state index contributed by atoms with van der Waals surface area (Å²) in [5.41, 5.74) is 4.92. The standard InChI is InChI=1S/C11H23N3OS/c1-10(2,3)7(13-9(12)16)8(15)14-11(4,5)6/h7H,1-6H3,(H,14,15)(H3,12,13,16). The minimum Gasteiger partial charge on any atom is -0.376 e. The molecule has 1 atom stereocenters. The second kappa shape index (κ2) is 4.99. The summed E-state index contributed by atoms with van der Waals surface area (Å²) in [5, 5.41) is 5.90. The zero-order chi connectivity index (χ0) is 13.1. The number of carbonyl (C=O) groups is 1. The summed E-state index contributed by atoms with van der Waals surface area (Å²) in [5.74, 6) is -0.0900. The van der Waals surface area contributed by atoms with Crippen molar-refractivity contribution in [3.63, 3.8) is 0 Å². The van der Waals surface area contributed by atoms with Gasteiger partial charge in [-0.2, -0.15) is 0 Å². The Balaban J connectivity index is 4.78. The molecular weight excluding hydrogens is 222 g/mol. The van der Waals surface area contributed by atoms with Crippen molar-refractivity contribution in [2.45, 2.75) is 53.1 Å². The Bertz CT molecular complexity index is 276. The molecular formula is C11H23N3OS. The number of nitrogens with two attached hydrogens (primary N) is 1. The van der Waals surface area contributed by atoms with Crippen molar-refractivity contribution in [2.24, 2.45) is 11.1 Å². The number of amides is 1. The number of hydrogen-bond acceptors (Lipinski definition) is 2. The van der Waals surface area contributed by atoms with Crippen LogP contribution in [0, 0.1) is 5.41 Å². The first kappa shape index (κ1) is 15.2. The lowest BCUT2D eigenvalue weighted by Gasteiger charge is -2.33. The molecule has 0 radical (unpaired) electrons. The molecule has 0 aliphatic rings. The predicted octanol–water partition coefficient (Wildman–Crippen LogP) is 1.15. The molecule has 4 N–H and O–H groups in total. The first-order valence-electron chi connectivity index (χ1n) is 5.31. The zero-order valence-electron chi connectivity index (χ0n) is 11.0. The lowest BCUT2D eigenvalue weighted by molar-refractivity contribution is -0.126. The molecule has 1 amide bonds. The number of thiocarbonyl (C=S) groups is 1. The molecule has 0 bridgehead atoms. The number of carbonyl (C=O) groups excluding carboxylic acids is 1. The Morgan fingerprint density at radius 2 is 1.62 bits per heavy atom. The highest BCUT2D eigenvalue weighted by atomic mass is 32.1. The van der Waals surface area contributed by atoms with Crippen molar-refractivity contribution in [2.75, 3.05) is 0 Å². The van der Waals surface area contributed by atoms with E-state index in [-0.39, 0.29) is 22.0 Å². The van der Waals surface area contributed by atoms with Crippen molar-refractivity contribution in [1.82, 2.24) is 10.6 Å². The topological polar surface area (TPSA) is 67.2 Å². The third-order valence-corrected chi connectivity index (χ3v) is 2.03. The first-order chi connectivity index (χ1) is 6.93. The van der Waals surface area contributed by atoms with Crippen LogP contribution in [0.5, 0.6) is 0 Å². The van der Waals surface area contributed by atoms with Crippen LogP contribution in [-0.2, 0) is 4.79 Å². The van der Waals surface area contributed by atoms with E-state index < -0.39 is 6.04 Å². The maximum absolute atomic E-state index is 12.1. The average Bonchev–Trinajstić information content (AvgIpc) is 1.93. The lowest BCUT2D eigenvalue weighted by atomic mass is 9.85.